The molecule has 1 aliphatic carbocycles. The maximum absolute atomic E-state index is 12.6. The van der Waals surface area contributed by atoms with Gasteiger partial charge in [0.15, 0.2) is 0 Å². The molecule has 5 heteroatoms. The first kappa shape index (κ1) is 19.4. The number of carbonyl (C=O) groups excluding carboxylic acids is 2. The highest BCUT2D eigenvalue weighted by Crippen LogP contribution is 2.27. The Bertz CT molecular complexity index is 1110. The van der Waals surface area contributed by atoms with Gasteiger partial charge in [-0.2, -0.15) is 0 Å². The molecule has 1 aromatic heterocycles. The number of aromatic nitrogens is 1. The smallest absolute Gasteiger partial charge is 0.255 e. The van der Waals surface area contributed by atoms with Crippen LogP contribution >= 0.6 is 0 Å². The summed E-state index contributed by atoms with van der Waals surface area (Å²) in [5.41, 5.74) is 3.36. The number of anilines is 2. The van der Waals surface area contributed by atoms with Crippen LogP contribution in [0.4, 0.5) is 11.4 Å². The lowest BCUT2D eigenvalue weighted by Gasteiger charge is -2.24. The predicted molar refractivity (Wildman–Crippen MR) is 117 cm³/mol. The van der Waals surface area contributed by atoms with E-state index in [4.69, 9.17) is 0 Å². The minimum Gasteiger partial charge on any atom is -0.326 e. The molecule has 3 aromatic rings. The molecule has 0 spiro atoms. The van der Waals surface area contributed by atoms with Crippen LogP contribution in [-0.4, -0.2) is 16.8 Å². The molecule has 1 saturated carbocycles. The summed E-state index contributed by atoms with van der Waals surface area (Å²) in [6, 6.07) is 19.8. The van der Waals surface area contributed by atoms with Crippen LogP contribution in [0.25, 0.3) is 0 Å². The van der Waals surface area contributed by atoms with Gasteiger partial charge in [0.2, 0.25) is 5.91 Å². The second kappa shape index (κ2) is 9.06. The van der Waals surface area contributed by atoms with Crippen molar-refractivity contribution in [3.05, 3.63) is 89.7 Å². The van der Waals surface area contributed by atoms with E-state index in [1.165, 1.54) is 0 Å². The summed E-state index contributed by atoms with van der Waals surface area (Å²) < 4.78 is 0. The Labute approximate surface area is 175 Å². The van der Waals surface area contributed by atoms with Crippen molar-refractivity contribution in [3.8, 4) is 11.8 Å². The molecule has 2 aromatic carbocycles. The van der Waals surface area contributed by atoms with Gasteiger partial charge in [-0.25, -0.2) is 4.98 Å². The van der Waals surface area contributed by atoms with E-state index in [2.05, 4.69) is 27.5 Å². The first-order valence-corrected chi connectivity index (χ1v) is 9.93. The van der Waals surface area contributed by atoms with E-state index in [0.717, 1.165) is 24.8 Å². The van der Waals surface area contributed by atoms with E-state index in [1.807, 2.05) is 42.5 Å². The van der Waals surface area contributed by atoms with Crippen molar-refractivity contribution < 1.29 is 9.59 Å². The van der Waals surface area contributed by atoms with E-state index in [1.54, 1.807) is 30.5 Å². The Morgan fingerprint density at radius 3 is 2.40 bits per heavy atom. The third-order valence-corrected chi connectivity index (χ3v) is 5.01. The van der Waals surface area contributed by atoms with Gasteiger partial charge in [-0.3, -0.25) is 9.59 Å². The molecule has 2 N–H and O–H groups in total. The number of hydrogen-bond donors (Lipinski definition) is 2. The van der Waals surface area contributed by atoms with Gasteiger partial charge in [0.25, 0.3) is 5.91 Å². The first-order chi connectivity index (χ1) is 14.7. The SMILES string of the molecule is O=C(Nc1cccc(C#Cc2ccccn2)c1)c1ccc(NC(=O)C2CCC2)cc1. The van der Waals surface area contributed by atoms with Gasteiger partial charge in [-0.1, -0.05) is 24.5 Å². The van der Waals surface area contributed by atoms with Crippen LogP contribution in [0.3, 0.4) is 0 Å². The Morgan fingerprint density at radius 1 is 0.867 bits per heavy atom. The van der Waals surface area contributed by atoms with E-state index >= 15 is 0 Å². The number of nitrogens with one attached hydrogen (secondary N) is 2. The summed E-state index contributed by atoms with van der Waals surface area (Å²) in [6.45, 7) is 0. The molecular weight excluding hydrogens is 374 g/mol. The van der Waals surface area contributed by atoms with Gasteiger partial charge >= 0.3 is 0 Å². The standard InChI is InChI=1S/C25H21N3O2/c29-24(19-6-4-7-19)27-22-14-11-20(12-15-22)25(30)28-23-9-3-5-18(17-23)10-13-21-8-1-2-16-26-21/h1-3,5,8-9,11-12,14-17,19H,4,6-7H2,(H,27,29)(H,28,30). The summed E-state index contributed by atoms with van der Waals surface area (Å²) in [7, 11) is 0. The van der Waals surface area contributed by atoms with Gasteiger partial charge in [0.1, 0.15) is 5.69 Å². The maximum Gasteiger partial charge on any atom is 0.255 e. The molecule has 0 unspecified atom stereocenters. The van der Waals surface area contributed by atoms with Gasteiger partial charge in [0, 0.05) is 34.6 Å². The summed E-state index contributed by atoms with van der Waals surface area (Å²) in [5, 5.41) is 5.79. The van der Waals surface area contributed by atoms with Crippen LogP contribution in [0.15, 0.2) is 72.9 Å². The molecule has 1 heterocycles. The van der Waals surface area contributed by atoms with E-state index in [9.17, 15) is 9.59 Å². The zero-order chi connectivity index (χ0) is 20.8. The molecule has 148 valence electrons. The fourth-order valence-corrected chi connectivity index (χ4v) is 3.07. The molecular formula is C25H21N3O2. The molecule has 0 bridgehead atoms. The Morgan fingerprint density at radius 2 is 1.70 bits per heavy atom. The monoisotopic (exact) mass is 395 g/mol. The van der Waals surface area contributed by atoms with Crippen LogP contribution in [-0.2, 0) is 4.79 Å². The van der Waals surface area contributed by atoms with Gasteiger partial charge < -0.3 is 10.6 Å². The molecule has 30 heavy (non-hydrogen) atoms. The fourth-order valence-electron chi connectivity index (χ4n) is 3.07. The van der Waals surface area contributed by atoms with Crippen molar-refractivity contribution in [2.45, 2.75) is 19.3 Å². The molecule has 0 aliphatic heterocycles. The quantitative estimate of drug-likeness (QED) is 0.640. The average Bonchev–Trinajstić information content (AvgIpc) is 2.72. The van der Waals surface area contributed by atoms with Gasteiger partial charge in [-0.15, -0.1) is 0 Å². The summed E-state index contributed by atoms with van der Waals surface area (Å²) >= 11 is 0. The highest BCUT2D eigenvalue weighted by atomic mass is 16.2. The van der Waals surface area contributed by atoms with Crippen LogP contribution in [0.2, 0.25) is 0 Å². The number of nitrogens with zero attached hydrogens (tertiary/aromatic N) is 1. The second-order valence-corrected chi connectivity index (χ2v) is 7.19. The normalized spacial score (nSPS) is 12.8. The number of rotatable bonds is 4. The lowest BCUT2D eigenvalue weighted by molar-refractivity contribution is -0.122. The fraction of sp³-hybridized carbons (Fsp3) is 0.160. The average molecular weight is 395 g/mol. The van der Waals surface area contributed by atoms with Crippen molar-refractivity contribution in [2.75, 3.05) is 10.6 Å². The van der Waals surface area contributed by atoms with Crippen LogP contribution in [0.1, 0.15) is 40.9 Å². The molecule has 0 radical (unpaired) electrons. The van der Waals surface area contributed by atoms with Crippen molar-refractivity contribution in [1.29, 1.82) is 0 Å². The Hall–Kier alpha value is -3.91. The topological polar surface area (TPSA) is 71.1 Å². The molecule has 1 aliphatic rings. The molecule has 0 saturated heterocycles. The highest BCUT2D eigenvalue weighted by molar-refractivity contribution is 6.04. The third kappa shape index (κ3) is 4.92. The zero-order valence-electron chi connectivity index (χ0n) is 16.4. The lowest BCUT2D eigenvalue weighted by atomic mass is 9.85. The lowest BCUT2D eigenvalue weighted by Crippen LogP contribution is -2.28. The summed E-state index contributed by atoms with van der Waals surface area (Å²) in [5.74, 6) is 6.02. The van der Waals surface area contributed by atoms with Gasteiger partial charge in [-0.05, 0) is 73.4 Å². The Balaban J connectivity index is 1.39. The molecule has 1 fully saturated rings. The van der Waals surface area contributed by atoms with Crippen molar-refractivity contribution in [3.63, 3.8) is 0 Å². The zero-order valence-corrected chi connectivity index (χ0v) is 16.4. The van der Waals surface area contributed by atoms with Crippen LogP contribution in [0, 0.1) is 17.8 Å². The van der Waals surface area contributed by atoms with E-state index in [0.29, 0.717) is 22.6 Å². The minimum absolute atomic E-state index is 0.0575. The van der Waals surface area contributed by atoms with Crippen molar-refractivity contribution in [2.24, 2.45) is 5.92 Å². The van der Waals surface area contributed by atoms with E-state index in [-0.39, 0.29) is 17.7 Å². The summed E-state index contributed by atoms with van der Waals surface area (Å²) in [4.78, 5) is 28.8. The first-order valence-electron chi connectivity index (χ1n) is 9.93. The predicted octanol–water partition coefficient (Wildman–Crippen LogP) is 4.47. The highest BCUT2D eigenvalue weighted by Gasteiger charge is 2.25. The third-order valence-electron chi connectivity index (χ3n) is 5.01. The number of carbonyl (C=O) groups is 2. The van der Waals surface area contributed by atoms with Crippen LogP contribution in [0.5, 0.6) is 0 Å². The molecule has 0 atom stereocenters. The maximum atomic E-state index is 12.6. The molecule has 2 amide bonds. The summed E-state index contributed by atoms with van der Waals surface area (Å²) in [6.07, 6.45) is 4.73. The Kier molecular flexibility index (Phi) is 5.86. The molecule has 5 nitrogen and oxygen atoms in total. The van der Waals surface area contributed by atoms with Crippen molar-refractivity contribution >= 4 is 23.2 Å². The largest absolute Gasteiger partial charge is 0.326 e. The van der Waals surface area contributed by atoms with Crippen LogP contribution < -0.4 is 10.6 Å². The van der Waals surface area contributed by atoms with Crippen molar-refractivity contribution in [1.82, 2.24) is 4.98 Å². The second-order valence-electron chi connectivity index (χ2n) is 7.19. The number of hydrogen-bond acceptors (Lipinski definition) is 3. The number of amides is 2. The van der Waals surface area contributed by atoms with Gasteiger partial charge in [0.05, 0.1) is 0 Å². The molecule has 4 rings (SSSR count). The number of pyridine rings is 1. The van der Waals surface area contributed by atoms with E-state index < -0.39 is 0 Å². The minimum atomic E-state index is -0.221. The number of benzene rings is 2.